The van der Waals surface area contributed by atoms with E-state index < -0.39 is 6.10 Å². The number of esters is 1. The highest BCUT2D eigenvalue weighted by molar-refractivity contribution is 5.72. The minimum atomic E-state index is -0.548. The fourth-order valence-corrected chi connectivity index (χ4v) is 3.97. The second kappa shape index (κ2) is 10.8. The number of rotatable bonds is 8. The van der Waals surface area contributed by atoms with Gasteiger partial charge in [0.1, 0.15) is 18.5 Å². The van der Waals surface area contributed by atoms with Gasteiger partial charge in [0.05, 0.1) is 13.0 Å². The van der Waals surface area contributed by atoms with Crippen LogP contribution in [0.25, 0.3) is 0 Å². The van der Waals surface area contributed by atoms with Crippen molar-refractivity contribution in [1.82, 2.24) is 9.80 Å². The molecule has 0 aromatic heterocycles. The average Bonchev–Trinajstić information content (AvgIpc) is 2.75. The SMILES string of the molecule is COC(=O)C1CCN(C[C@H](O)COc2ccc(CN3CC=C(C)CC3)cc2)CC1. The van der Waals surface area contributed by atoms with E-state index in [2.05, 4.69) is 34.9 Å². The Kier molecular flexibility index (Phi) is 8.09. The monoisotopic (exact) mass is 402 g/mol. The molecular formula is C23H34N2O4. The fourth-order valence-electron chi connectivity index (χ4n) is 3.97. The summed E-state index contributed by atoms with van der Waals surface area (Å²) in [6, 6.07) is 8.17. The van der Waals surface area contributed by atoms with Crippen molar-refractivity contribution in [3.8, 4) is 5.75 Å². The van der Waals surface area contributed by atoms with Gasteiger partial charge in [0.15, 0.2) is 0 Å². The predicted molar refractivity (Wildman–Crippen MR) is 113 cm³/mol. The summed E-state index contributed by atoms with van der Waals surface area (Å²) in [5.74, 6) is 0.656. The standard InChI is InChI=1S/C23H34N2O4/c1-18-7-11-24(12-8-18)15-19-3-5-22(6-4-19)29-17-21(26)16-25-13-9-20(10-14-25)23(27)28-2/h3-7,20-21,26H,8-17H2,1-2H3/t21-/m0/s1. The van der Waals surface area contributed by atoms with Gasteiger partial charge in [0, 0.05) is 26.2 Å². The van der Waals surface area contributed by atoms with E-state index in [1.54, 1.807) is 0 Å². The van der Waals surface area contributed by atoms with Crippen molar-refractivity contribution in [2.45, 2.75) is 38.8 Å². The van der Waals surface area contributed by atoms with Crippen molar-refractivity contribution in [3.63, 3.8) is 0 Å². The molecule has 0 unspecified atom stereocenters. The molecule has 1 aromatic carbocycles. The third kappa shape index (κ3) is 6.84. The highest BCUT2D eigenvalue weighted by Gasteiger charge is 2.26. The van der Waals surface area contributed by atoms with Gasteiger partial charge < -0.3 is 19.5 Å². The second-order valence-corrected chi connectivity index (χ2v) is 8.24. The van der Waals surface area contributed by atoms with Gasteiger partial charge in [-0.2, -0.15) is 0 Å². The maximum Gasteiger partial charge on any atom is 0.308 e. The number of carbonyl (C=O) groups is 1. The molecule has 1 fully saturated rings. The number of hydrogen-bond acceptors (Lipinski definition) is 6. The first-order chi connectivity index (χ1) is 14.0. The molecule has 6 heteroatoms. The number of hydrogen-bond donors (Lipinski definition) is 1. The maximum atomic E-state index is 11.6. The van der Waals surface area contributed by atoms with E-state index in [-0.39, 0.29) is 18.5 Å². The lowest BCUT2D eigenvalue weighted by atomic mass is 9.97. The first kappa shape index (κ1) is 21.8. The Morgan fingerprint density at radius 3 is 2.52 bits per heavy atom. The molecule has 29 heavy (non-hydrogen) atoms. The van der Waals surface area contributed by atoms with Crippen molar-refractivity contribution < 1.29 is 19.4 Å². The van der Waals surface area contributed by atoms with Crippen molar-refractivity contribution in [2.24, 2.45) is 5.92 Å². The van der Waals surface area contributed by atoms with Gasteiger partial charge in [0.2, 0.25) is 0 Å². The topological polar surface area (TPSA) is 62.2 Å². The van der Waals surface area contributed by atoms with Crippen LogP contribution in [0.15, 0.2) is 35.9 Å². The number of ether oxygens (including phenoxy) is 2. The molecule has 0 radical (unpaired) electrons. The number of aliphatic hydroxyl groups is 1. The average molecular weight is 403 g/mol. The smallest absolute Gasteiger partial charge is 0.308 e. The lowest BCUT2D eigenvalue weighted by Gasteiger charge is -2.31. The molecule has 6 nitrogen and oxygen atoms in total. The zero-order valence-electron chi connectivity index (χ0n) is 17.7. The first-order valence-electron chi connectivity index (χ1n) is 10.6. The molecule has 1 N–H and O–H groups in total. The summed E-state index contributed by atoms with van der Waals surface area (Å²) in [5, 5.41) is 10.3. The molecule has 1 atom stereocenters. The summed E-state index contributed by atoms with van der Waals surface area (Å²) in [4.78, 5) is 16.2. The number of aliphatic hydroxyl groups excluding tert-OH is 1. The van der Waals surface area contributed by atoms with Gasteiger partial charge >= 0.3 is 5.97 Å². The molecule has 1 aromatic rings. The minimum absolute atomic E-state index is 0.00635. The van der Waals surface area contributed by atoms with Crippen LogP contribution in [0.2, 0.25) is 0 Å². The van der Waals surface area contributed by atoms with Crippen molar-refractivity contribution in [3.05, 3.63) is 41.5 Å². The van der Waals surface area contributed by atoms with Gasteiger partial charge in [-0.25, -0.2) is 0 Å². The normalized spacial score (nSPS) is 20.2. The number of β-amino-alcohol motifs (C(OH)–C–C–N with tert-alkyl or cyclic N) is 1. The zero-order chi connectivity index (χ0) is 20.6. The maximum absolute atomic E-state index is 11.6. The Hall–Kier alpha value is -1.89. The van der Waals surface area contributed by atoms with Crippen LogP contribution in [0.4, 0.5) is 0 Å². The van der Waals surface area contributed by atoms with Crippen molar-refractivity contribution in [1.29, 1.82) is 0 Å². The lowest BCUT2D eigenvalue weighted by molar-refractivity contribution is -0.147. The summed E-state index contributed by atoms with van der Waals surface area (Å²) in [6.45, 7) is 7.72. The fraction of sp³-hybridized carbons (Fsp3) is 0.609. The molecule has 0 bridgehead atoms. The third-order valence-corrected chi connectivity index (χ3v) is 5.88. The molecule has 2 aliphatic heterocycles. The van der Waals surface area contributed by atoms with Crippen LogP contribution >= 0.6 is 0 Å². The largest absolute Gasteiger partial charge is 0.491 e. The Morgan fingerprint density at radius 1 is 1.17 bits per heavy atom. The Labute approximate surface area is 174 Å². The van der Waals surface area contributed by atoms with Crippen LogP contribution < -0.4 is 4.74 Å². The number of benzene rings is 1. The molecule has 0 saturated carbocycles. The molecule has 3 rings (SSSR count). The summed E-state index contributed by atoms with van der Waals surface area (Å²) >= 11 is 0. The van der Waals surface area contributed by atoms with E-state index in [0.717, 1.165) is 57.7 Å². The number of nitrogens with zero attached hydrogens (tertiary/aromatic N) is 2. The number of methoxy groups -OCH3 is 1. The van der Waals surface area contributed by atoms with E-state index >= 15 is 0 Å². The summed E-state index contributed by atoms with van der Waals surface area (Å²) in [5.41, 5.74) is 2.76. The molecule has 160 valence electrons. The van der Waals surface area contributed by atoms with E-state index in [4.69, 9.17) is 9.47 Å². The predicted octanol–water partition coefficient (Wildman–Crippen LogP) is 2.46. The van der Waals surface area contributed by atoms with Gasteiger partial charge in [0.25, 0.3) is 0 Å². The van der Waals surface area contributed by atoms with Crippen LogP contribution in [-0.4, -0.2) is 73.4 Å². The summed E-state index contributed by atoms with van der Waals surface area (Å²) in [7, 11) is 1.44. The van der Waals surface area contributed by atoms with Crippen LogP contribution in [0, 0.1) is 5.92 Å². The molecule has 2 aliphatic rings. The Bertz CT molecular complexity index is 681. The highest BCUT2D eigenvalue weighted by Crippen LogP contribution is 2.19. The van der Waals surface area contributed by atoms with E-state index in [1.807, 2.05) is 12.1 Å². The number of likely N-dealkylation sites (tertiary alicyclic amines) is 1. The summed E-state index contributed by atoms with van der Waals surface area (Å²) < 4.78 is 10.6. The Balaban J connectivity index is 1.36. The second-order valence-electron chi connectivity index (χ2n) is 8.24. The minimum Gasteiger partial charge on any atom is -0.491 e. The van der Waals surface area contributed by atoms with Crippen LogP contribution in [0.3, 0.4) is 0 Å². The molecule has 0 amide bonds. The quantitative estimate of drug-likeness (QED) is 0.532. The molecule has 0 aliphatic carbocycles. The zero-order valence-corrected chi connectivity index (χ0v) is 17.7. The lowest BCUT2D eigenvalue weighted by Crippen LogP contribution is -2.42. The third-order valence-electron chi connectivity index (χ3n) is 5.88. The van der Waals surface area contributed by atoms with E-state index in [1.165, 1.54) is 18.2 Å². The van der Waals surface area contributed by atoms with Gasteiger partial charge in [-0.05, 0) is 57.0 Å². The molecular weight excluding hydrogens is 368 g/mol. The number of carbonyl (C=O) groups excluding carboxylic acids is 1. The molecule has 2 heterocycles. The van der Waals surface area contributed by atoms with Gasteiger partial charge in [-0.15, -0.1) is 0 Å². The van der Waals surface area contributed by atoms with Crippen molar-refractivity contribution in [2.75, 3.05) is 46.4 Å². The number of piperidine rings is 1. The van der Waals surface area contributed by atoms with Crippen LogP contribution in [0.5, 0.6) is 5.75 Å². The van der Waals surface area contributed by atoms with Gasteiger partial charge in [-0.1, -0.05) is 23.8 Å². The molecule has 0 spiro atoms. The van der Waals surface area contributed by atoms with Crippen LogP contribution in [-0.2, 0) is 16.1 Å². The van der Waals surface area contributed by atoms with E-state index in [0.29, 0.717) is 6.54 Å². The summed E-state index contributed by atoms with van der Waals surface area (Å²) in [6.07, 6.45) is 4.48. The van der Waals surface area contributed by atoms with Gasteiger partial charge in [-0.3, -0.25) is 9.69 Å². The highest BCUT2D eigenvalue weighted by atomic mass is 16.5. The first-order valence-corrected chi connectivity index (χ1v) is 10.6. The van der Waals surface area contributed by atoms with E-state index in [9.17, 15) is 9.90 Å². The molecule has 1 saturated heterocycles. The van der Waals surface area contributed by atoms with Crippen molar-refractivity contribution >= 4 is 5.97 Å². The Morgan fingerprint density at radius 2 is 1.90 bits per heavy atom. The van der Waals surface area contributed by atoms with Crippen LogP contribution in [0.1, 0.15) is 31.7 Å².